The zero-order valence-electron chi connectivity index (χ0n) is 69.5. The van der Waals surface area contributed by atoms with E-state index >= 15 is 0 Å². The largest absolute Gasteiger partial charge is 0.394 e. The summed E-state index contributed by atoms with van der Waals surface area (Å²) in [5.74, 6) is 0.122. The Bertz CT molecular complexity index is 5280. The third-order valence-corrected chi connectivity index (χ3v) is 24.5. The maximum Gasteiger partial charge on any atom is 0.254 e. The molecule has 0 saturated carbocycles. The first-order valence-electron chi connectivity index (χ1n) is 42.1. The second kappa shape index (κ2) is 39.8. The monoisotopic (exact) mass is 1590 g/mol. The number of aryl methyl sites for hydroxylation is 6. The van der Waals surface area contributed by atoms with Crippen LogP contribution in [-0.4, -0.2) is 180 Å². The molecule has 21 heteroatoms. The van der Waals surface area contributed by atoms with E-state index in [0.29, 0.717) is 104 Å². The van der Waals surface area contributed by atoms with Gasteiger partial charge in [-0.25, -0.2) is 0 Å². The fraction of sp³-hybridized carbons (Fsp3) is 0.367. The molecule has 0 spiro atoms. The first kappa shape index (κ1) is 83.9. The molecule has 4 N–H and O–H groups in total. The number of nitrogens with one attached hydrogen (secondary N) is 3. The minimum Gasteiger partial charge on any atom is -0.394 e. The standard InChI is InChI=1S/C33H36N6O2.C33H36N6O.C32H37N5O/c1-23-17-24(2)30(36-27-11-13-37(14-12-27)31-9-5-3-7-25(31)19-34)18-29(23)33(41)38-15-16-39(28(21-38)22-40)32-10-6-4-8-26(32)20-35;1-24-20-25(2)31(36-28-7-5-14-37(15-13-28)29-11-9-26(22-34)10-12-29)21-30(24)33(40)39-18-16-38(17-19-39)32-8-4-3-6-27(32)23-35;1-24-21-25(2)30(34-27-10-8-15-35(16-14-27)28-11-4-3-5-12-28)22-29(24)32(38)37-19-17-36(18-20-37)31-13-7-6-9-26(31)23-33/h3-10,17-18,27-28,36,40H,11-16,21-22H2,1-2H3;3-4,6,8-12,20-21,28,36H,5,7,13-19H2,1-2H3;3-7,9,11-13,21-22,27,34H,8,10,14-20H2,1-2H3/t28-;;/m0../s1. The molecule has 6 saturated heterocycles. The van der Waals surface area contributed by atoms with Gasteiger partial charge in [0.25, 0.3) is 17.7 Å². The first-order chi connectivity index (χ1) is 57.9. The smallest absolute Gasteiger partial charge is 0.254 e. The quantitative estimate of drug-likeness (QED) is 0.0701. The number of piperazine rings is 3. The summed E-state index contributed by atoms with van der Waals surface area (Å²) in [7, 11) is 0. The number of nitrogens with zero attached hydrogens (tertiary/aromatic N) is 14. The lowest BCUT2D eigenvalue weighted by Crippen LogP contribution is -2.56. The Hall–Kier alpha value is -13.0. The summed E-state index contributed by atoms with van der Waals surface area (Å²) in [4.78, 5) is 60.4. The molecule has 15 rings (SSSR count). The van der Waals surface area contributed by atoms with Gasteiger partial charge in [0.05, 0.1) is 69.3 Å². The first-order valence-corrected chi connectivity index (χ1v) is 42.1. The molecule has 3 amide bonds. The van der Waals surface area contributed by atoms with Crippen LogP contribution in [-0.2, 0) is 0 Å². The van der Waals surface area contributed by atoms with E-state index in [2.05, 4.69) is 146 Å². The Morgan fingerprint density at radius 1 is 0.336 bits per heavy atom. The van der Waals surface area contributed by atoms with Crippen molar-refractivity contribution >= 4 is 68.9 Å². The number of aliphatic hydroxyl groups is 1. The van der Waals surface area contributed by atoms with Gasteiger partial charge in [-0.05, 0) is 229 Å². The van der Waals surface area contributed by atoms with Crippen LogP contribution in [0.3, 0.4) is 0 Å². The van der Waals surface area contributed by atoms with E-state index in [-0.39, 0.29) is 36.4 Å². The van der Waals surface area contributed by atoms with Gasteiger partial charge in [-0.1, -0.05) is 84.9 Å². The minimum absolute atomic E-state index is 0.0415. The molecule has 6 heterocycles. The average molecular weight is 1590 g/mol. The number of aliphatic hydroxyl groups excluding tert-OH is 1. The van der Waals surface area contributed by atoms with Crippen LogP contribution in [0.15, 0.2) is 188 Å². The topological polar surface area (TPSA) is 256 Å². The van der Waals surface area contributed by atoms with E-state index < -0.39 is 0 Å². The van der Waals surface area contributed by atoms with E-state index in [1.165, 1.54) is 11.3 Å². The Morgan fingerprint density at radius 3 is 1.05 bits per heavy atom. The van der Waals surface area contributed by atoms with Crippen LogP contribution in [0.5, 0.6) is 0 Å². The van der Waals surface area contributed by atoms with Crippen molar-refractivity contribution in [2.45, 2.75) is 117 Å². The van der Waals surface area contributed by atoms with Gasteiger partial charge in [0.15, 0.2) is 0 Å². The van der Waals surface area contributed by atoms with Crippen LogP contribution in [0.2, 0.25) is 0 Å². The molecule has 119 heavy (non-hydrogen) atoms. The van der Waals surface area contributed by atoms with Gasteiger partial charge in [0.1, 0.15) is 24.3 Å². The normalized spacial score (nSPS) is 17.7. The number of hydrogen-bond acceptors (Lipinski definition) is 18. The second-order valence-corrected chi connectivity index (χ2v) is 32.2. The number of benzene rings is 9. The van der Waals surface area contributed by atoms with Gasteiger partial charge in [-0.15, -0.1) is 0 Å². The molecule has 2 unspecified atom stereocenters. The zero-order chi connectivity index (χ0) is 83.5. The summed E-state index contributed by atoms with van der Waals surface area (Å²) >= 11 is 0. The second-order valence-electron chi connectivity index (χ2n) is 32.2. The fourth-order valence-corrected chi connectivity index (χ4v) is 17.7. The van der Waals surface area contributed by atoms with E-state index in [1.807, 2.05) is 168 Å². The molecule has 610 valence electrons. The summed E-state index contributed by atoms with van der Waals surface area (Å²) in [6, 6.07) is 73.4. The molecule has 0 radical (unpaired) electrons. The van der Waals surface area contributed by atoms with Gasteiger partial charge in [0.2, 0.25) is 0 Å². The van der Waals surface area contributed by atoms with Crippen molar-refractivity contribution in [1.29, 1.82) is 26.3 Å². The molecule has 6 aliphatic heterocycles. The van der Waals surface area contributed by atoms with Crippen LogP contribution in [0.4, 0.5) is 51.2 Å². The average Bonchev–Trinajstić information content (AvgIpc) is 1.50. The Morgan fingerprint density at radius 2 is 0.664 bits per heavy atom. The maximum absolute atomic E-state index is 13.8. The van der Waals surface area contributed by atoms with Crippen LogP contribution < -0.4 is 45.3 Å². The highest BCUT2D eigenvalue weighted by molar-refractivity contribution is 5.99. The molecule has 3 atom stereocenters. The van der Waals surface area contributed by atoms with E-state index in [9.17, 15) is 40.5 Å². The maximum atomic E-state index is 13.8. The lowest BCUT2D eigenvalue weighted by atomic mass is 9.99. The predicted octanol–water partition coefficient (Wildman–Crippen LogP) is 15.5. The van der Waals surface area contributed by atoms with Crippen LogP contribution >= 0.6 is 0 Å². The number of carbonyl (C=O) groups is 3. The number of nitriles is 5. The fourth-order valence-electron chi connectivity index (χ4n) is 17.7. The molecule has 9 aromatic rings. The van der Waals surface area contributed by atoms with Crippen molar-refractivity contribution in [3.05, 3.63) is 266 Å². The van der Waals surface area contributed by atoms with Crippen molar-refractivity contribution in [2.75, 3.05) is 163 Å². The lowest BCUT2D eigenvalue weighted by Gasteiger charge is -2.42. The van der Waals surface area contributed by atoms with Crippen LogP contribution in [0, 0.1) is 98.2 Å². The summed E-state index contributed by atoms with van der Waals surface area (Å²) in [5, 5.41) is 68.5. The number of hydrogen-bond donors (Lipinski definition) is 4. The highest BCUT2D eigenvalue weighted by atomic mass is 16.3. The van der Waals surface area contributed by atoms with Gasteiger partial charge in [0, 0.05) is 175 Å². The van der Waals surface area contributed by atoms with E-state index in [0.717, 1.165) is 188 Å². The molecular weight excluding hydrogens is 1480 g/mol. The molecule has 6 fully saturated rings. The molecule has 9 aromatic carbocycles. The summed E-state index contributed by atoms with van der Waals surface area (Å²) in [6.07, 6.45) is 8.33. The molecule has 0 aromatic heterocycles. The molecule has 0 bridgehead atoms. The number of rotatable bonds is 16. The van der Waals surface area contributed by atoms with Crippen LogP contribution in [0.1, 0.15) is 144 Å². The summed E-state index contributed by atoms with van der Waals surface area (Å²) in [6.45, 7) is 24.8. The van der Waals surface area contributed by atoms with Gasteiger partial charge >= 0.3 is 0 Å². The minimum atomic E-state index is -0.290. The van der Waals surface area contributed by atoms with Crippen molar-refractivity contribution in [1.82, 2.24) is 14.7 Å². The SMILES string of the molecule is Cc1cc(C)c(C(=O)N2CCN(c3ccccc3C#N)CC2)cc1NC1CCCN(c2ccc(C#N)cc2)CC1.Cc1cc(C)c(C(=O)N2CCN(c3ccccc3C#N)CC2)cc1NC1CCCN(c2ccccc2)CC1.Cc1cc(C)c(C(=O)N2CCN(c3ccccc3C#N)[C@H](CO)C2)cc1NC1CCN(c2ccccc2C#N)CC1. The third-order valence-electron chi connectivity index (χ3n) is 24.5. The van der Waals surface area contributed by atoms with Crippen LogP contribution in [0.25, 0.3) is 0 Å². The Labute approximate surface area is 702 Å². The highest BCUT2D eigenvalue weighted by Crippen LogP contribution is 2.35. The summed E-state index contributed by atoms with van der Waals surface area (Å²) in [5.41, 5.74) is 21.1. The number of amides is 3. The van der Waals surface area contributed by atoms with Gasteiger partial charge < -0.3 is 65.2 Å². The molecule has 0 aliphatic carbocycles. The van der Waals surface area contributed by atoms with Crippen molar-refractivity contribution in [3.8, 4) is 30.3 Å². The Kier molecular flexibility index (Phi) is 28.0. The van der Waals surface area contributed by atoms with Crippen molar-refractivity contribution < 1.29 is 19.5 Å². The number of carbonyl (C=O) groups excluding carboxylic acids is 3. The van der Waals surface area contributed by atoms with E-state index in [4.69, 9.17) is 5.26 Å². The summed E-state index contributed by atoms with van der Waals surface area (Å²) < 4.78 is 0. The Balaban J connectivity index is 0.000000155. The predicted molar refractivity (Wildman–Crippen MR) is 476 cm³/mol. The highest BCUT2D eigenvalue weighted by Gasteiger charge is 2.34. The van der Waals surface area contributed by atoms with Crippen molar-refractivity contribution in [3.63, 3.8) is 0 Å². The van der Waals surface area contributed by atoms with Gasteiger partial charge in [-0.2, -0.15) is 26.3 Å². The van der Waals surface area contributed by atoms with Crippen molar-refractivity contribution in [2.24, 2.45) is 0 Å². The third kappa shape index (κ3) is 20.3. The molecular formula is C98H109N17O4. The number of piperidine rings is 1. The lowest BCUT2D eigenvalue weighted by molar-refractivity contribution is 0.0696. The number of anilines is 9. The number of para-hydroxylation sites is 5. The molecule has 6 aliphatic rings. The van der Waals surface area contributed by atoms with E-state index in [1.54, 1.807) is 6.07 Å². The molecule has 21 nitrogen and oxygen atoms in total. The van der Waals surface area contributed by atoms with Gasteiger partial charge in [-0.3, -0.25) is 14.4 Å². The zero-order valence-corrected chi connectivity index (χ0v) is 69.5.